The average Bonchev–Trinajstić information content (AvgIpc) is 3.14. The summed E-state index contributed by atoms with van der Waals surface area (Å²) in [4.78, 5) is 13.4. The number of aryl methyl sites for hydroxylation is 1. The molecule has 0 aliphatic rings. The van der Waals surface area contributed by atoms with E-state index in [1.165, 1.54) is 29.1 Å². The Balaban J connectivity index is 1.70. The van der Waals surface area contributed by atoms with Crippen molar-refractivity contribution in [3.8, 4) is 17.5 Å². The standard InChI is InChI=1S/C22H23N5OS2/c1-3-12-27-21(17-8-6-7-16(2)14-17)25-26-22(27)30-15-20(28)24-18-9-4-5-10-19(18)29-13-11-23/h4-10,14H,3,12-13,15H2,1-2H3,(H,24,28). The number of nitrogens with one attached hydrogen (secondary N) is 1. The van der Waals surface area contributed by atoms with Gasteiger partial charge in [0.25, 0.3) is 0 Å². The Labute approximate surface area is 185 Å². The molecule has 1 aromatic heterocycles. The van der Waals surface area contributed by atoms with Gasteiger partial charge in [0.05, 0.1) is 23.3 Å². The van der Waals surface area contributed by atoms with E-state index >= 15 is 0 Å². The molecule has 0 spiro atoms. The van der Waals surface area contributed by atoms with Crippen LogP contribution in [-0.2, 0) is 11.3 Å². The van der Waals surface area contributed by atoms with Gasteiger partial charge in [-0.25, -0.2) is 0 Å². The van der Waals surface area contributed by atoms with E-state index in [-0.39, 0.29) is 11.7 Å². The second-order valence-electron chi connectivity index (χ2n) is 6.61. The number of anilines is 1. The Kier molecular flexibility index (Phi) is 7.94. The van der Waals surface area contributed by atoms with Crippen LogP contribution in [-0.4, -0.2) is 32.2 Å². The van der Waals surface area contributed by atoms with Gasteiger partial charge < -0.3 is 9.88 Å². The molecule has 0 aliphatic carbocycles. The van der Waals surface area contributed by atoms with Gasteiger partial charge >= 0.3 is 0 Å². The molecule has 0 radical (unpaired) electrons. The molecular formula is C22H23N5OS2. The molecule has 154 valence electrons. The van der Waals surface area contributed by atoms with E-state index in [0.29, 0.717) is 5.75 Å². The number of hydrogen-bond acceptors (Lipinski definition) is 6. The van der Waals surface area contributed by atoms with Crippen molar-refractivity contribution < 1.29 is 4.79 Å². The van der Waals surface area contributed by atoms with Crippen molar-refractivity contribution in [3.05, 3.63) is 54.1 Å². The zero-order valence-corrected chi connectivity index (χ0v) is 18.6. The number of nitriles is 1. The summed E-state index contributed by atoms with van der Waals surface area (Å²) in [5, 5.41) is 21.2. The lowest BCUT2D eigenvalue weighted by molar-refractivity contribution is -0.113. The van der Waals surface area contributed by atoms with Crippen LogP contribution < -0.4 is 5.32 Å². The van der Waals surface area contributed by atoms with E-state index in [1.807, 2.05) is 36.4 Å². The Morgan fingerprint density at radius 3 is 2.77 bits per heavy atom. The molecule has 0 fully saturated rings. The molecule has 8 heteroatoms. The molecule has 0 saturated carbocycles. The van der Waals surface area contributed by atoms with Gasteiger partial charge in [-0.3, -0.25) is 4.79 Å². The summed E-state index contributed by atoms with van der Waals surface area (Å²) in [6.07, 6.45) is 0.945. The molecule has 3 aromatic rings. The number of amides is 1. The highest BCUT2D eigenvalue weighted by Crippen LogP contribution is 2.28. The van der Waals surface area contributed by atoms with Gasteiger partial charge in [-0.2, -0.15) is 5.26 Å². The van der Waals surface area contributed by atoms with Crippen molar-refractivity contribution in [2.75, 3.05) is 16.8 Å². The third-order valence-corrected chi connectivity index (χ3v) is 6.13. The second kappa shape index (κ2) is 10.9. The van der Waals surface area contributed by atoms with Crippen LogP contribution in [0.4, 0.5) is 5.69 Å². The number of thioether (sulfide) groups is 2. The molecule has 30 heavy (non-hydrogen) atoms. The first kappa shape index (κ1) is 21.9. The Morgan fingerprint density at radius 2 is 2.00 bits per heavy atom. The lowest BCUT2D eigenvalue weighted by atomic mass is 10.1. The number of hydrogen-bond donors (Lipinski definition) is 1. The maximum atomic E-state index is 12.5. The zero-order valence-electron chi connectivity index (χ0n) is 17.0. The lowest BCUT2D eigenvalue weighted by Crippen LogP contribution is -2.15. The van der Waals surface area contributed by atoms with Gasteiger partial charge in [0, 0.05) is 17.0 Å². The van der Waals surface area contributed by atoms with Gasteiger partial charge in [-0.15, -0.1) is 22.0 Å². The normalized spacial score (nSPS) is 10.6. The number of carbonyl (C=O) groups is 1. The van der Waals surface area contributed by atoms with Crippen molar-refractivity contribution in [3.63, 3.8) is 0 Å². The molecule has 1 heterocycles. The predicted octanol–water partition coefficient (Wildman–Crippen LogP) is 5.01. The maximum absolute atomic E-state index is 12.5. The van der Waals surface area contributed by atoms with E-state index in [0.717, 1.165) is 40.1 Å². The SMILES string of the molecule is CCCn1c(SCC(=O)Nc2ccccc2SCC#N)nnc1-c1cccc(C)c1. The number of para-hydroxylation sites is 1. The third kappa shape index (κ3) is 5.65. The predicted molar refractivity (Wildman–Crippen MR) is 123 cm³/mol. The molecule has 2 aromatic carbocycles. The van der Waals surface area contributed by atoms with Crippen LogP contribution in [0.1, 0.15) is 18.9 Å². The number of benzene rings is 2. The van der Waals surface area contributed by atoms with E-state index in [1.54, 1.807) is 0 Å². The summed E-state index contributed by atoms with van der Waals surface area (Å²) >= 11 is 2.78. The molecule has 0 aliphatic heterocycles. The largest absolute Gasteiger partial charge is 0.324 e. The molecular weight excluding hydrogens is 414 g/mol. The van der Waals surface area contributed by atoms with Gasteiger partial charge in [0.2, 0.25) is 5.91 Å². The number of carbonyl (C=O) groups excluding carboxylic acids is 1. The number of nitrogens with zero attached hydrogens (tertiary/aromatic N) is 4. The second-order valence-corrected chi connectivity index (χ2v) is 8.57. The van der Waals surface area contributed by atoms with Crippen LogP contribution >= 0.6 is 23.5 Å². The monoisotopic (exact) mass is 437 g/mol. The highest BCUT2D eigenvalue weighted by molar-refractivity contribution is 8.00. The van der Waals surface area contributed by atoms with Gasteiger partial charge in [-0.1, -0.05) is 54.6 Å². The van der Waals surface area contributed by atoms with Crippen molar-refractivity contribution in [2.24, 2.45) is 0 Å². The molecule has 6 nitrogen and oxygen atoms in total. The molecule has 0 atom stereocenters. The van der Waals surface area contributed by atoms with Crippen LogP contribution in [0.15, 0.2) is 58.6 Å². The number of rotatable bonds is 9. The Hall–Kier alpha value is -2.76. The quantitative estimate of drug-likeness (QED) is 0.474. The minimum atomic E-state index is -0.117. The minimum absolute atomic E-state index is 0.117. The molecule has 0 saturated heterocycles. The summed E-state index contributed by atoms with van der Waals surface area (Å²) in [7, 11) is 0. The Bertz CT molecular complexity index is 1060. The van der Waals surface area contributed by atoms with Crippen LogP contribution in [0.3, 0.4) is 0 Å². The van der Waals surface area contributed by atoms with Gasteiger partial charge in [0.15, 0.2) is 11.0 Å². The molecule has 3 rings (SSSR count). The molecule has 0 bridgehead atoms. The Morgan fingerprint density at radius 1 is 1.17 bits per heavy atom. The fourth-order valence-corrected chi connectivity index (χ4v) is 4.37. The summed E-state index contributed by atoms with van der Waals surface area (Å²) in [5.41, 5.74) is 2.91. The first-order valence-corrected chi connectivity index (χ1v) is 11.6. The fraction of sp³-hybridized carbons (Fsp3) is 0.273. The van der Waals surface area contributed by atoms with E-state index in [9.17, 15) is 4.79 Å². The molecule has 1 amide bonds. The average molecular weight is 438 g/mol. The van der Waals surface area contributed by atoms with Crippen LogP contribution in [0.2, 0.25) is 0 Å². The topological polar surface area (TPSA) is 83.6 Å². The van der Waals surface area contributed by atoms with Crippen molar-refractivity contribution in [1.82, 2.24) is 14.8 Å². The summed E-state index contributed by atoms with van der Waals surface area (Å²) in [6.45, 7) is 4.95. The van der Waals surface area contributed by atoms with E-state index in [2.05, 4.69) is 52.1 Å². The van der Waals surface area contributed by atoms with Gasteiger partial charge in [-0.05, 0) is 31.5 Å². The lowest BCUT2D eigenvalue weighted by Gasteiger charge is -2.11. The highest BCUT2D eigenvalue weighted by atomic mass is 32.2. The fourth-order valence-electron chi connectivity index (χ4n) is 2.94. The van der Waals surface area contributed by atoms with Crippen molar-refractivity contribution in [2.45, 2.75) is 36.9 Å². The van der Waals surface area contributed by atoms with Crippen LogP contribution in [0, 0.1) is 18.3 Å². The smallest absolute Gasteiger partial charge is 0.234 e. The van der Waals surface area contributed by atoms with Crippen LogP contribution in [0.5, 0.6) is 0 Å². The molecule has 0 unspecified atom stereocenters. The van der Waals surface area contributed by atoms with E-state index in [4.69, 9.17) is 5.26 Å². The first-order valence-electron chi connectivity index (χ1n) is 9.64. The summed E-state index contributed by atoms with van der Waals surface area (Å²) < 4.78 is 2.07. The minimum Gasteiger partial charge on any atom is -0.324 e. The zero-order chi connectivity index (χ0) is 21.3. The van der Waals surface area contributed by atoms with Gasteiger partial charge in [0.1, 0.15) is 0 Å². The summed E-state index contributed by atoms with van der Waals surface area (Å²) in [5.74, 6) is 1.27. The maximum Gasteiger partial charge on any atom is 0.234 e. The van der Waals surface area contributed by atoms with Crippen LogP contribution in [0.25, 0.3) is 11.4 Å². The summed E-state index contributed by atoms with van der Waals surface area (Å²) in [6, 6.07) is 17.8. The number of aromatic nitrogens is 3. The highest BCUT2D eigenvalue weighted by Gasteiger charge is 2.16. The third-order valence-electron chi connectivity index (χ3n) is 4.23. The van der Waals surface area contributed by atoms with Crippen molar-refractivity contribution >= 4 is 35.1 Å². The molecule has 1 N–H and O–H groups in total. The van der Waals surface area contributed by atoms with E-state index < -0.39 is 0 Å². The van der Waals surface area contributed by atoms with Crippen molar-refractivity contribution in [1.29, 1.82) is 5.26 Å². The first-order chi connectivity index (χ1) is 14.6.